The maximum atomic E-state index is 13.1. The summed E-state index contributed by atoms with van der Waals surface area (Å²) in [5.74, 6) is -0.0660. The third-order valence-corrected chi connectivity index (χ3v) is 4.95. The number of rotatable bonds is 10. The van der Waals surface area contributed by atoms with Crippen LogP contribution >= 0.6 is 11.6 Å². The van der Waals surface area contributed by atoms with E-state index >= 15 is 0 Å². The Balaban J connectivity index is 1.83. The zero-order valence-electron chi connectivity index (χ0n) is 18.3. The molecule has 0 heterocycles. The molecule has 7 N–H and O–H groups in total. The van der Waals surface area contributed by atoms with E-state index in [9.17, 15) is 9.59 Å². The summed E-state index contributed by atoms with van der Waals surface area (Å²) in [4.78, 5) is 24.0. The maximum Gasteiger partial charge on any atom is 0.385 e. The molecule has 34 heavy (non-hydrogen) atoms. The number of primary amides is 2. The average Bonchev–Trinajstić information content (AvgIpc) is 2.85. The topological polar surface area (TPSA) is 134 Å². The molecule has 0 radical (unpaired) electrons. The fourth-order valence-electron chi connectivity index (χ4n) is 3.06. The molecule has 9 heteroatoms. The molecule has 3 aromatic carbocycles. The Kier molecular flexibility index (Phi) is 8.79. The van der Waals surface area contributed by atoms with Gasteiger partial charge in [-0.05, 0) is 35.4 Å². The summed E-state index contributed by atoms with van der Waals surface area (Å²) in [7, 11) is 0. The van der Waals surface area contributed by atoms with Crippen molar-refractivity contribution >= 4 is 35.4 Å². The van der Waals surface area contributed by atoms with Gasteiger partial charge in [0.25, 0.3) is 5.76 Å². The second-order valence-electron chi connectivity index (χ2n) is 7.16. The van der Waals surface area contributed by atoms with Gasteiger partial charge >= 0.3 is 11.9 Å². The molecule has 0 aliphatic heterocycles. The normalized spacial score (nSPS) is 11.2. The molecule has 3 amide bonds. The van der Waals surface area contributed by atoms with Crippen molar-refractivity contribution in [2.24, 2.45) is 5.73 Å². The smallest absolute Gasteiger partial charge is 0.385 e. The highest BCUT2D eigenvalue weighted by Gasteiger charge is 2.22. The van der Waals surface area contributed by atoms with Crippen LogP contribution in [0.4, 0.5) is 10.5 Å². The summed E-state index contributed by atoms with van der Waals surface area (Å²) in [5.41, 5.74) is 7.93. The standard InChI is InChI=1S/C25H24ClN5O3/c26-19-8-10-20(11-9-19)31-24(32)23(22(16-27)29-14-15-30-25(28)33)34-21-12-6-18(7-13-21)17-4-2-1-3-5-17/h1-13,16,27,29H,14-15H2,(H,31,32)(H3,28,30,33)/p+1/b23-22-,27-16?. The molecule has 0 saturated carbocycles. The first kappa shape index (κ1) is 24.5. The van der Waals surface area contributed by atoms with Crippen LogP contribution in [0.3, 0.4) is 0 Å². The lowest BCUT2D eigenvalue weighted by molar-refractivity contribution is -0.480. The van der Waals surface area contributed by atoms with Crippen LogP contribution in [0.5, 0.6) is 5.75 Å². The Morgan fingerprint density at radius 3 is 2.15 bits per heavy atom. The summed E-state index contributed by atoms with van der Waals surface area (Å²) in [5, 5.41) is 15.1. The summed E-state index contributed by atoms with van der Waals surface area (Å²) in [6.07, 6.45) is 0.992. The lowest BCUT2D eigenvalue weighted by atomic mass is 10.1. The van der Waals surface area contributed by atoms with E-state index in [4.69, 9.17) is 27.5 Å². The van der Waals surface area contributed by atoms with E-state index in [1.54, 1.807) is 36.4 Å². The predicted molar refractivity (Wildman–Crippen MR) is 132 cm³/mol. The molecule has 174 valence electrons. The van der Waals surface area contributed by atoms with Crippen LogP contribution in [0.25, 0.3) is 11.1 Å². The zero-order chi connectivity index (χ0) is 24.3. The first-order chi connectivity index (χ1) is 16.5. The van der Waals surface area contributed by atoms with Crippen LogP contribution in [-0.2, 0) is 4.79 Å². The molecule has 8 nitrogen and oxygen atoms in total. The minimum atomic E-state index is -0.663. The van der Waals surface area contributed by atoms with E-state index in [-0.39, 0.29) is 24.5 Å². The number of carbonyl (C=O) groups excluding carboxylic acids is 2. The third kappa shape index (κ3) is 7.19. The first-order valence-electron chi connectivity index (χ1n) is 10.5. The van der Waals surface area contributed by atoms with Crippen molar-refractivity contribution in [2.75, 3.05) is 13.1 Å². The number of quaternary nitrogens is 1. The second-order valence-corrected chi connectivity index (χ2v) is 7.59. The molecule has 0 fully saturated rings. The van der Waals surface area contributed by atoms with Gasteiger partial charge in [-0.2, -0.15) is 0 Å². The largest absolute Gasteiger partial charge is 0.446 e. The van der Waals surface area contributed by atoms with Crippen molar-refractivity contribution in [3.05, 3.63) is 95.3 Å². The molecule has 0 saturated heterocycles. The number of allylic oxidation sites excluding steroid dienone is 1. The van der Waals surface area contributed by atoms with Crippen molar-refractivity contribution in [3.8, 4) is 16.9 Å². The Labute approximate surface area is 202 Å². The fourth-order valence-corrected chi connectivity index (χ4v) is 3.18. The van der Waals surface area contributed by atoms with E-state index in [2.05, 4.69) is 10.6 Å². The highest BCUT2D eigenvalue weighted by molar-refractivity contribution is 6.30. The Hall–Kier alpha value is -4.14. The van der Waals surface area contributed by atoms with Crippen molar-refractivity contribution in [1.29, 1.82) is 5.41 Å². The van der Waals surface area contributed by atoms with Crippen LogP contribution in [0, 0.1) is 5.41 Å². The molecule has 0 bridgehead atoms. The van der Waals surface area contributed by atoms with Gasteiger partial charge in [0.05, 0.1) is 0 Å². The number of benzene rings is 3. The van der Waals surface area contributed by atoms with Crippen LogP contribution in [-0.4, -0.2) is 31.2 Å². The Morgan fingerprint density at radius 1 is 0.912 bits per heavy atom. The van der Waals surface area contributed by atoms with E-state index < -0.39 is 11.9 Å². The summed E-state index contributed by atoms with van der Waals surface area (Å²) in [6, 6.07) is 23.3. The van der Waals surface area contributed by atoms with Crippen LogP contribution in [0.2, 0.25) is 5.02 Å². The third-order valence-electron chi connectivity index (χ3n) is 4.70. The number of amides is 3. The lowest BCUT2D eigenvalue weighted by Crippen LogP contribution is -2.83. The highest BCUT2D eigenvalue weighted by atomic mass is 35.5. The fraction of sp³-hybridized carbons (Fsp3) is 0.0800. The van der Waals surface area contributed by atoms with Gasteiger partial charge in [-0.3, -0.25) is 0 Å². The number of hydrogen-bond acceptors (Lipinski definition) is 5. The number of nitrogens with two attached hydrogens (primary N) is 2. The van der Waals surface area contributed by atoms with Crippen LogP contribution < -0.4 is 26.4 Å². The molecule has 0 aliphatic carbocycles. The van der Waals surface area contributed by atoms with E-state index in [0.717, 1.165) is 17.3 Å². The number of ether oxygens (including phenoxy) is 1. The van der Waals surface area contributed by atoms with Gasteiger partial charge in [-0.15, -0.1) is 0 Å². The number of nitrogens with one attached hydrogen (secondary N) is 3. The van der Waals surface area contributed by atoms with Crippen molar-refractivity contribution < 1.29 is 19.6 Å². The SMILES string of the molecule is N=C/C(NCCNC(N)=O)=C(/Oc1ccc(-c2ccccc2)cc1)C(=O)[NH2+]c1ccc(Cl)cc1. The number of halogens is 1. The van der Waals surface area contributed by atoms with Gasteiger partial charge in [-0.1, -0.05) is 54.1 Å². The number of hydrogen-bond donors (Lipinski definition) is 5. The van der Waals surface area contributed by atoms with Gasteiger partial charge in [0, 0.05) is 36.5 Å². The molecule has 3 aromatic rings. The molecular formula is C25H25ClN5O3+. The maximum absolute atomic E-state index is 13.1. The van der Waals surface area contributed by atoms with Crippen molar-refractivity contribution in [2.45, 2.75) is 0 Å². The first-order valence-corrected chi connectivity index (χ1v) is 10.8. The van der Waals surface area contributed by atoms with Gasteiger partial charge in [0.15, 0.2) is 0 Å². The summed E-state index contributed by atoms with van der Waals surface area (Å²) < 4.78 is 5.94. The summed E-state index contributed by atoms with van der Waals surface area (Å²) >= 11 is 5.93. The second kappa shape index (κ2) is 12.2. The van der Waals surface area contributed by atoms with Crippen molar-refractivity contribution in [1.82, 2.24) is 10.6 Å². The molecule has 0 aliphatic rings. The van der Waals surface area contributed by atoms with Gasteiger partial charge in [0.1, 0.15) is 17.1 Å². The predicted octanol–water partition coefficient (Wildman–Crippen LogP) is 2.93. The van der Waals surface area contributed by atoms with Crippen molar-refractivity contribution in [3.63, 3.8) is 0 Å². The molecule has 0 aromatic heterocycles. The number of urea groups is 1. The van der Waals surface area contributed by atoms with Gasteiger partial charge in [-0.25, -0.2) is 14.9 Å². The molecular weight excluding hydrogens is 454 g/mol. The van der Waals surface area contributed by atoms with Gasteiger partial charge < -0.3 is 26.5 Å². The molecule has 0 atom stereocenters. The van der Waals surface area contributed by atoms with E-state index in [1.807, 2.05) is 42.5 Å². The minimum absolute atomic E-state index is 0.0588. The molecule has 3 rings (SSSR count). The minimum Gasteiger partial charge on any atom is -0.446 e. The summed E-state index contributed by atoms with van der Waals surface area (Å²) in [6.45, 7) is 0.447. The quantitative estimate of drug-likeness (QED) is 0.101. The Morgan fingerprint density at radius 2 is 1.53 bits per heavy atom. The monoisotopic (exact) mass is 478 g/mol. The van der Waals surface area contributed by atoms with E-state index in [0.29, 0.717) is 16.5 Å². The molecule has 0 unspecified atom stereocenters. The van der Waals surface area contributed by atoms with Gasteiger partial charge in [0.2, 0.25) is 0 Å². The van der Waals surface area contributed by atoms with Crippen LogP contribution in [0.1, 0.15) is 0 Å². The van der Waals surface area contributed by atoms with Crippen LogP contribution in [0.15, 0.2) is 90.3 Å². The number of carbonyl (C=O) groups is 2. The lowest BCUT2D eigenvalue weighted by Gasteiger charge is -2.13. The van der Waals surface area contributed by atoms with E-state index in [1.165, 1.54) is 5.32 Å². The average molecular weight is 479 g/mol. The Bertz CT molecular complexity index is 1160. The molecule has 0 spiro atoms. The highest BCUT2D eigenvalue weighted by Crippen LogP contribution is 2.23. The zero-order valence-corrected chi connectivity index (χ0v) is 19.0.